The molecule has 0 aromatic carbocycles. The predicted octanol–water partition coefficient (Wildman–Crippen LogP) is 2.26. The molecule has 162 valence electrons. The lowest BCUT2D eigenvalue weighted by Gasteiger charge is -2.35. The van der Waals surface area contributed by atoms with Crippen LogP contribution in [0.4, 0.5) is 22.1 Å². The molecule has 2 fully saturated rings. The zero-order valence-electron chi connectivity index (χ0n) is 17.5. The molecule has 9 heteroatoms. The number of hydrogen-bond donors (Lipinski definition) is 2. The van der Waals surface area contributed by atoms with Gasteiger partial charge >= 0.3 is 6.03 Å². The summed E-state index contributed by atoms with van der Waals surface area (Å²) in [6.07, 6.45) is 4.69. The van der Waals surface area contributed by atoms with Crippen LogP contribution in [0.5, 0.6) is 0 Å². The van der Waals surface area contributed by atoms with E-state index < -0.39 is 0 Å². The van der Waals surface area contributed by atoms with Gasteiger partial charge in [-0.1, -0.05) is 6.07 Å². The lowest BCUT2D eigenvalue weighted by Crippen LogP contribution is -2.48. The Morgan fingerprint density at radius 1 is 1.23 bits per heavy atom. The van der Waals surface area contributed by atoms with Crippen molar-refractivity contribution in [1.29, 1.82) is 0 Å². The van der Waals surface area contributed by atoms with Gasteiger partial charge in [-0.25, -0.2) is 14.8 Å². The van der Waals surface area contributed by atoms with Gasteiger partial charge in [0.15, 0.2) is 5.82 Å². The molecule has 4 heterocycles. The van der Waals surface area contributed by atoms with E-state index in [2.05, 4.69) is 25.5 Å². The van der Waals surface area contributed by atoms with Gasteiger partial charge in [0.2, 0.25) is 0 Å². The SMILES string of the molecule is COCC(NC(=O)c1ccc2c(n1)N(C(=O)Nc1ccccn1)C1CCN2C1)C1CC1. The number of carbonyl (C=O) groups is 2. The Bertz CT molecular complexity index is 980. The number of fused-ring (bicyclic) bond motifs is 4. The van der Waals surface area contributed by atoms with Gasteiger partial charge in [-0.3, -0.25) is 15.0 Å². The monoisotopic (exact) mass is 422 g/mol. The summed E-state index contributed by atoms with van der Waals surface area (Å²) < 4.78 is 5.27. The molecule has 2 N–H and O–H groups in total. The second kappa shape index (κ2) is 8.14. The van der Waals surface area contributed by atoms with Crippen LogP contribution in [0, 0.1) is 5.92 Å². The summed E-state index contributed by atoms with van der Waals surface area (Å²) in [7, 11) is 1.64. The van der Waals surface area contributed by atoms with E-state index in [1.54, 1.807) is 36.4 Å². The summed E-state index contributed by atoms with van der Waals surface area (Å²) in [5.41, 5.74) is 1.18. The molecule has 2 atom stereocenters. The van der Waals surface area contributed by atoms with Crippen LogP contribution in [0.15, 0.2) is 36.5 Å². The van der Waals surface area contributed by atoms with Crippen LogP contribution >= 0.6 is 0 Å². The van der Waals surface area contributed by atoms with Crippen molar-refractivity contribution in [3.8, 4) is 0 Å². The Hall–Kier alpha value is -3.20. The summed E-state index contributed by atoms with van der Waals surface area (Å²) in [5, 5.41) is 5.91. The third-order valence-electron chi connectivity index (χ3n) is 6.16. The summed E-state index contributed by atoms with van der Waals surface area (Å²) in [6.45, 7) is 2.10. The van der Waals surface area contributed by atoms with Crippen LogP contribution in [0.2, 0.25) is 0 Å². The van der Waals surface area contributed by atoms with E-state index in [-0.39, 0.29) is 24.0 Å². The molecule has 1 aliphatic carbocycles. The van der Waals surface area contributed by atoms with Gasteiger partial charge in [0.05, 0.1) is 24.4 Å². The van der Waals surface area contributed by atoms with E-state index in [0.29, 0.717) is 29.9 Å². The fraction of sp³-hybridized carbons (Fsp3) is 0.455. The fourth-order valence-electron chi connectivity index (χ4n) is 4.42. The number of anilines is 3. The van der Waals surface area contributed by atoms with Gasteiger partial charge in [-0.2, -0.15) is 0 Å². The summed E-state index contributed by atoms with van der Waals surface area (Å²) in [4.78, 5) is 38.8. The van der Waals surface area contributed by atoms with Gasteiger partial charge < -0.3 is 15.0 Å². The Labute approximate surface area is 180 Å². The van der Waals surface area contributed by atoms with Crippen molar-refractivity contribution in [3.63, 3.8) is 0 Å². The van der Waals surface area contributed by atoms with Crippen molar-refractivity contribution < 1.29 is 14.3 Å². The minimum Gasteiger partial charge on any atom is -0.383 e. The van der Waals surface area contributed by atoms with Crippen LogP contribution in [0.3, 0.4) is 0 Å². The molecule has 3 amide bonds. The van der Waals surface area contributed by atoms with Crippen molar-refractivity contribution in [1.82, 2.24) is 15.3 Å². The van der Waals surface area contributed by atoms with Crippen molar-refractivity contribution in [3.05, 3.63) is 42.2 Å². The first-order valence-electron chi connectivity index (χ1n) is 10.7. The van der Waals surface area contributed by atoms with Crippen molar-refractivity contribution in [2.24, 2.45) is 5.92 Å². The zero-order valence-corrected chi connectivity index (χ0v) is 17.5. The standard InChI is InChI=1S/C22H26N6O3/c1-31-13-17(14-5-6-14)25-21(29)16-7-8-18-20(24-16)28(15-9-11-27(18)12-15)22(30)26-19-4-2-3-10-23-19/h2-4,7-8,10,14-15,17H,5-6,9,11-13H2,1H3,(H,25,29)(H,23,26,30). The largest absolute Gasteiger partial charge is 0.383 e. The number of pyridine rings is 2. The molecule has 1 saturated heterocycles. The molecule has 0 spiro atoms. The molecule has 2 aromatic rings. The van der Waals surface area contributed by atoms with Crippen LogP contribution in [-0.2, 0) is 4.74 Å². The molecule has 2 bridgehead atoms. The average molecular weight is 422 g/mol. The first-order valence-corrected chi connectivity index (χ1v) is 10.7. The number of hydrogen-bond acceptors (Lipinski definition) is 6. The highest BCUT2D eigenvalue weighted by atomic mass is 16.5. The number of methoxy groups -OCH3 is 1. The number of carbonyl (C=O) groups excluding carboxylic acids is 2. The van der Waals surface area contributed by atoms with Crippen LogP contribution in [0.25, 0.3) is 0 Å². The molecular formula is C22H26N6O3. The highest BCUT2D eigenvalue weighted by Gasteiger charge is 2.41. The molecule has 31 heavy (non-hydrogen) atoms. The van der Waals surface area contributed by atoms with E-state index in [9.17, 15) is 9.59 Å². The number of aromatic nitrogens is 2. The molecule has 2 aliphatic heterocycles. The molecule has 0 radical (unpaired) electrons. The molecule has 2 unspecified atom stereocenters. The predicted molar refractivity (Wildman–Crippen MR) is 116 cm³/mol. The minimum atomic E-state index is -0.285. The van der Waals surface area contributed by atoms with Crippen LogP contribution < -0.4 is 20.4 Å². The van der Waals surface area contributed by atoms with Gasteiger partial charge in [0.1, 0.15) is 11.5 Å². The Morgan fingerprint density at radius 2 is 2.10 bits per heavy atom. The number of nitrogens with zero attached hydrogens (tertiary/aromatic N) is 4. The van der Waals surface area contributed by atoms with E-state index in [0.717, 1.165) is 38.0 Å². The maximum Gasteiger partial charge on any atom is 0.329 e. The van der Waals surface area contributed by atoms with Gasteiger partial charge in [0, 0.05) is 26.4 Å². The molecular weight excluding hydrogens is 396 g/mol. The summed E-state index contributed by atoms with van der Waals surface area (Å²) >= 11 is 0. The molecule has 5 rings (SSSR count). The van der Waals surface area contributed by atoms with E-state index in [1.807, 2.05) is 12.1 Å². The van der Waals surface area contributed by atoms with Gasteiger partial charge in [0.25, 0.3) is 5.91 Å². The molecule has 9 nitrogen and oxygen atoms in total. The topological polar surface area (TPSA) is 99.7 Å². The summed E-state index contributed by atoms with van der Waals surface area (Å²) in [6, 6.07) is 8.70. The lowest BCUT2D eigenvalue weighted by molar-refractivity contribution is 0.0879. The number of amides is 3. The zero-order chi connectivity index (χ0) is 21.4. The Morgan fingerprint density at radius 3 is 2.84 bits per heavy atom. The van der Waals surface area contributed by atoms with Crippen molar-refractivity contribution in [2.45, 2.75) is 31.3 Å². The quantitative estimate of drug-likeness (QED) is 0.741. The second-order valence-corrected chi connectivity index (χ2v) is 8.32. The van der Waals surface area contributed by atoms with Gasteiger partial charge in [-0.15, -0.1) is 0 Å². The molecule has 1 saturated carbocycles. The first-order chi connectivity index (χ1) is 15.1. The molecule has 3 aliphatic rings. The van der Waals surface area contributed by atoms with E-state index >= 15 is 0 Å². The van der Waals surface area contributed by atoms with Crippen molar-refractivity contribution >= 4 is 29.3 Å². The smallest absolute Gasteiger partial charge is 0.329 e. The number of urea groups is 1. The maximum absolute atomic E-state index is 13.2. The number of rotatable bonds is 6. The van der Waals surface area contributed by atoms with E-state index in [1.165, 1.54) is 0 Å². The fourth-order valence-corrected chi connectivity index (χ4v) is 4.42. The number of ether oxygens (including phenoxy) is 1. The molecule has 2 aromatic heterocycles. The van der Waals surface area contributed by atoms with Crippen LogP contribution in [0.1, 0.15) is 29.8 Å². The van der Waals surface area contributed by atoms with Gasteiger partial charge in [-0.05, 0) is 49.4 Å². The lowest BCUT2D eigenvalue weighted by atomic mass is 10.1. The normalized spacial score (nSPS) is 20.2. The maximum atomic E-state index is 13.2. The summed E-state index contributed by atoms with van der Waals surface area (Å²) in [5.74, 6) is 1.22. The van der Waals surface area contributed by atoms with Crippen LogP contribution in [-0.4, -0.2) is 60.8 Å². The highest BCUT2D eigenvalue weighted by Crippen LogP contribution is 2.39. The Balaban J connectivity index is 1.41. The second-order valence-electron chi connectivity index (χ2n) is 8.32. The van der Waals surface area contributed by atoms with E-state index in [4.69, 9.17) is 4.74 Å². The number of nitrogens with one attached hydrogen (secondary N) is 2. The Kier molecular flexibility index (Phi) is 5.19. The highest BCUT2D eigenvalue weighted by molar-refractivity contribution is 6.05. The minimum absolute atomic E-state index is 0.00901. The van der Waals surface area contributed by atoms with Crippen molar-refractivity contribution in [2.75, 3.05) is 41.9 Å². The first kappa shape index (κ1) is 19.7. The third kappa shape index (κ3) is 3.93. The third-order valence-corrected chi connectivity index (χ3v) is 6.16. The average Bonchev–Trinajstić information content (AvgIpc) is 3.55.